The van der Waals surface area contributed by atoms with Gasteiger partial charge < -0.3 is 11.1 Å². The van der Waals surface area contributed by atoms with Gasteiger partial charge in [0.25, 0.3) is 0 Å². The van der Waals surface area contributed by atoms with Gasteiger partial charge in [-0.15, -0.1) is 0 Å². The molecule has 0 heterocycles. The van der Waals surface area contributed by atoms with Crippen molar-refractivity contribution < 1.29 is 4.79 Å². The Morgan fingerprint density at radius 1 is 1.20 bits per heavy atom. The summed E-state index contributed by atoms with van der Waals surface area (Å²) >= 11 is 0. The van der Waals surface area contributed by atoms with Crippen LogP contribution in [0.1, 0.15) is 18.1 Å². The van der Waals surface area contributed by atoms with Crippen LogP contribution in [0.15, 0.2) is 54.6 Å². The molecule has 2 rings (SSSR count). The molecule has 0 aliphatic carbocycles. The topological polar surface area (TPSA) is 55.1 Å². The van der Waals surface area contributed by atoms with Gasteiger partial charge in [-0.2, -0.15) is 0 Å². The zero-order chi connectivity index (χ0) is 14.4. The number of amides is 1. The highest BCUT2D eigenvalue weighted by Crippen LogP contribution is 2.18. The molecule has 0 unspecified atom stereocenters. The summed E-state index contributed by atoms with van der Waals surface area (Å²) in [6.45, 7) is 2.05. The lowest BCUT2D eigenvalue weighted by molar-refractivity contribution is -0.111. The maximum absolute atomic E-state index is 11.8. The monoisotopic (exact) mass is 266 g/mol. The average molecular weight is 266 g/mol. The van der Waals surface area contributed by atoms with Crippen LogP contribution in [0.4, 0.5) is 11.4 Å². The molecule has 0 saturated carbocycles. The van der Waals surface area contributed by atoms with Crippen molar-refractivity contribution in [2.24, 2.45) is 0 Å². The third-order valence-corrected chi connectivity index (χ3v) is 3.02. The number of nitrogens with one attached hydrogen (secondary N) is 1. The molecule has 3 N–H and O–H groups in total. The van der Waals surface area contributed by atoms with E-state index in [2.05, 4.69) is 5.32 Å². The molecule has 102 valence electrons. The first-order valence-electron chi connectivity index (χ1n) is 6.61. The second kappa shape index (κ2) is 6.57. The fourth-order valence-corrected chi connectivity index (χ4v) is 1.91. The van der Waals surface area contributed by atoms with E-state index in [1.807, 2.05) is 49.4 Å². The van der Waals surface area contributed by atoms with Crippen molar-refractivity contribution in [3.63, 3.8) is 0 Å². The fourth-order valence-electron chi connectivity index (χ4n) is 1.91. The van der Waals surface area contributed by atoms with Crippen LogP contribution in [-0.2, 0) is 11.2 Å². The number of aryl methyl sites for hydroxylation is 1. The van der Waals surface area contributed by atoms with E-state index >= 15 is 0 Å². The molecule has 0 atom stereocenters. The van der Waals surface area contributed by atoms with E-state index in [-0.39, 0.29) is 5.91 Å². The van der Waals surface area contributed by atoms with E-state index in [0.29, 0.717) is 11.4 Å². The Balaban J connectivity index is 2.01. The molecular formula is C17H18N2O. The summed E-state index contributed by atoms with van der Waals surface area (Å²) in [5, 5.41) is 2.80. The SMILES string of the molecule is CCc1ccc(NC(=O)/C=C/c2ccccc2)cc1N. The number of carbonyl (C=O) groups excluding carboxylic acids is 1. The second-order valence-electron chi connectivity index (χ2n) is 4.50. The molecule has 0 aliphatic rings. The van der Waals surface area contributed by atoms with E-state index in [9.17, 15) is 4.79 Å². The van der Waals surface area contributed by atoms with Crippen molar-refractivity contribution in [3.8, 4) is 0 Å². The van der Waals surface area contributed by atoms with E-state index in [1.54, 1.807) is 12.1 Å². The van der Waals surface area contributed by atoms with Crippen LogP contribution in [0, 0.1) is 0 Å². The smallest absolute Gasteiger partial charge is 0.248 e. The Bertz CT molecular complexity index is 618. The van der Waals surface area contributed by atoms with E-state index in [1.165, 1.54) is 6.08 Å². The lowest BCUT2D eigenvalue weighted by Crippen LogP contribution is -2.08. The summed E-state index contributed by atoms with van der Waals surface area (Å²) in [6, 6.07) is 15.3. The molecule has 0 radical (unpaired) electrons. The lowest BCUT2D eigenvalue weighted by Gasteiger charge is -2.07. The zero-order valence-corrected chi connectivity index (χ0v) is 11.5. The number of anilines is 2. The molecule has 0 bridgehead atoms. The van der Waals surface area contributed by atoms with Crippen LogP contribution >= 0.6 is 0 Å². The molecule has 0 aromatic heterocycles. The standard InChI is InChI=1S/C17H18N2O/c1-2-14-9-10-15(12-16(14)18)19-17(20)11-8-13-6-4-3-5-7-13/h3-12H,2,18H2,1H3,(H,19,20)/b11-8+. The first-order valence-corrected chi connectivity index (χ1v) is 6.61. The minimum Gasteiger partial charge on any atom is -0.398 e. The van der Waals surface area contributed by atoms with Gasteiger partial charge in [0, 0.05) is 17.5 Å². The molecule has 20 heavy (non-hydrogen) atoms. The molecule has 3 nitrogen and oxygen atoms in total. The number of nitrogen functional groups attached to an aromatic ring is 1. The molecule has 0 spiro atoms. The lowest BCUT2D eigenvalue weighted by atomic mass is 10.1. The Morgan fingerprint density at radius 2 is 1.95 bits per heavy atom. The van der Waals surface area contributed by atoms with Gasteiger partial charge in [0.2, 0.25) is 5.91 Å². The van der Waals surface area contributed by atoms with Crippen LogP contribution in [0.5, 0.6) is 0 Å². The minimum atomic E-state index is -0.169. The van der Waals surface area contributed by atoms with Gasteiger partial charge in [0.1, 0.15) is 0 Å². The summed E-state index contributed by atoms with van der Waals surface area (Å²) in [5.41, 5.74) is 9.40. The maximum Gasteiger partial charge on any atom is 0.248 e. The average Bonchev–Trinajstić information content (AvgIpc) is 2.46. The van der Waals surface area contributed by atoms with Gasteiger partial charge in [-0.3, -0.25) is 4.79 Å². The number of rotatable bonds is 4. The number of hydrogen-bond acceptors (Lipinski definition) is 2. The summed E-state index contributed by atoms with van der Waals surface area (Å²) < 4.78 is 0. The summed E-state index contributed by atoms with van der Waals surface area (Å²) in [7, 11) is 0. The molecule has 0 fully saturated rings. The van der Waals surface area contributed by atoms with Crippen LogP contribution in [0.25, 0.3) is 6.08 Å². The Labute approximate surface area is 119 Å². The van der Waals surface area contributed by atoms with Gasteiger partial charge in [-0.05, 0) is 35.8 Å². The zero-order valence-electron chi connectivity index (χ0n) is 11.5. The van der Waals surface area contributed by atoms with Crippen molar-refractivity contribution >= 4 is 23.4 Å². The van der Waals surface area contributed by atoms with Crippen LogP contribution in [0.2, 0.25) is 0 Å². The molecular weight excluding hydrogens is 248 g/mol. The van der Waals surface area contributed by atoms with Crippen molar-refractivity contribution in [1.82, 2.24) is 0 Å². The van der Waals surface area contributed by atoms with Gasteiger partial charge >= 0.3 is 0 Å². The first kappa shape index (κ1) is 13.9. The van der Waals surface area contributed by atoms with Gasteiger partial charge in [0.15, 0.2) is 0 Å². The van der Waals surface area contributed by atoms with Crippen LogP contribution in [-0.4, -0.2) is 5.91 Å². The molecule has 2 aromatic rings. The van der Waals surface area contributed by atoms with E-state index < -0.39 is 0 Å². The normalized spacial score (nSPS) is 10.7. The highest BCUT2D eigenvalue weighted by atomic mass is 16.1. The Kier molecular flexibility index (Phi) is 4.56. The van der Waals surface area contributed by atoms with Crippen molar-refractivity contribution in [2.45, 2.75) is 13.3 Å². The summed E-state index contributed by atoms with van der Waals surface area (Å²) in [4.78, 5) is 11.8. The van der Waals surface area contributed by atoms with Crippen molar-refractivity contribution in [2.75, 3.05) is 11.1 Å². The highest BCUT2D eigenvalue weighted by Gasteiger charge is 2.01. The number of carbonyl (C=O) groups is 1. The summed E-state index contributed by atoms with van der Waals surface area (Å²) in [5.74, 6) is -0.169. The van der Waals surface area contributed by atoms with Gasteiger partial charge in [-0.25, -0.2) is 0 Å². The molecule has 0 saturated heterocycles. The third-order valence-electron chi connectivity index (χ3n) is 3.02. The van der Waals surface area contributed by atoms with E-state index in [0.717, 1.165) is 17.5 Å². The molecule has 1 amide bonds. The predicted molar refractivity (Wildman–Crippen MR) is 84.3 cm³/mol. The first-order chi connectivity index (χ1) is 9.69. The summed E-state index contributed by atoms with van der Waals surface area (Å²) in [6.07, 6.45) is 4.17. The van der Waals surface area contributed by atoms with Crippen LogP contribution < -0.4 is 11.1 Å². The largest absolute Gasteiger partial charge is 0.398 e. The number of hydrogen-bond donors (Lipinski definition) is 2. The maximum atomic E-state index is 11.8. The third kappa shape index (κ3) is 3.72. The molecule has 3 heteroatoms. The Hall–Kier alpha value is -2.55. The molecule has 2 aromatic carbocycles. The second-order valence-corrected chi connectivity index (χ2v) is 4.50. The predicted octanol–water partition coefficient (Wildman–Crippen LogP) is 3.48. The minimum absolute atomic E-state index is 0.169. The molecule has 0 aliphatic heterocycles. The van der Waals surface area contributed by atoms with Crippen LogP contribution in [0.3, 0.4) is 0 Å². The van der Waals surface area contributed by atoms with E-state index in [4.69, 9.17) is 5.73 Å². The van der Waals surface area contributed by atoms with Gasteiger partial charge in [0.05, 0.1) is 0 Å². The fraction of sp³-hybridized carbons (Fsp3) is 0.118. The Morgan fingerprint density at radius 3 is 2.60 bits per heavy atom. The highest BCUT2D eigenvalue weighted by molar-refractivity contribution is 6.02. The van der Waals surface area contributed by atoms with Crippen molar-refractivity contribution in [3.05, 3.63) is 65.7 Å². The quantitative estimate of drug-likeness (QED) is 0.657. The number of benzene rings is 2. The van der Waals surface area contributed by atoms with Gasteiger partial charge in [-0.1, -0.05) is 43.3 Å². The number of nitrogens with two attached hydrogens (primary N) is 1. The van der Waals surface area contributed by atoms with Crippen molar-refractivity contribution in [1.29, 1.82) is 0 Å².